The van der Waals surface area contributed by atoms with E-state index in [0.29, 0.717) is 0 Å². The zero-order valence-electron chi connectivity index (χ0n) is 9.73. The second-order valence-corrected chi connectivity index (χ2v) is 4.95. The number of benzene rings is 1. The van der Waals surface area contributed by atoms with Gasteiger partial charge in [0.05, 0.1) is 0 Å². The Bertz CT molecular complexity index is 374. The molecule has 0 unspecified atom stereocenters. The number of nitrogens with zero attached hydrogens (tertiary/aromatic N) is 1. The van der Waals surface area contributed by atoms with Crippen LogP contribution in [0.1, 0.15) is 37.7 Å². The Morgan fingerprint density at radius 3 is 2.50 bits per heavy atom. The third-order valence-corrected chi connectivity index (χ3v) is 3.90. The van der Waals surface area contributed by atoms with E-state index in [4.69, 9.17) is 0 Å². The van der Waals surface area contributed by atoms with E-state index in [9.17, 15) is 0 Å². The molecule has 1 heteroatoms. The fourth-order valence-electron chi connectivity index (χ4n) is 2.97. The van der Waals surface area contributed by atoms with Gasteiger partial charge in [-0.3, -0.25) is 0 Å². The van der Waals surface area contributed by atoms with E-state index >= 15 is 0 Å². The van der Waals surface area contributed by atoms with E-state index in [-0.39, 0.29) is 0 Å². The lowest BCUT2D eigenvalue weighted by molar-refractivity contribution is 0.301. The van der Waals surface area contributed by atoms with Crippen molar-refractivity contribution in [1.29, 1.82) is 0 Å². The molecule has 0 spiro atoms. The standard InChI is InChI=1S/C15H19N/c1-2-6-13(7-3-1)14-10-11-16(12-14)15-8-4-5-9-15/h1-3,6-7,12,15H,4-5,8-11H2. The minimum absolute atomic E-state index is 0.834. The lowest BCUT2D eigenvalue weighted by Gasteiger charge is -2.22. The van der Waals surface area contributed by atoms with E-state index < -0.39 is 0 Å². The molecule has 0 aromatic heterocycles. The summed E-state index contributed by atoms with van der Waals surface area (Å²) in [5.41, 5.74) is 2.93. The molecular weight excluding hydrogens is 194 g/mol. The fraction of sp³-hybridized carbons (Fsp3) is 0.467. The van der Waals surface area contributed by atoms with Crippen molar-refractivity contribution in [3.8, 4) is 0 Å². The molecule has 0 saturated heterocycles. The molecule has 0 bridgehead atoms. The van der Waals surface area contributed by atoms with Crippen LogP contribution >= 0.6 is 0 Å². The predicted octanol–water partition coefficient (Wildman–Crippen LogP) is 3.68. The Morgan fingerprint density at radius 2 is 1.75 bits per heavy atom. The number of hydrogen-bond acceptors (Lipinski definition) is 1. The summed E-state index contributed by atoms with van der Waals surface area (Å²) in [6, 6.07) is 11.6. The van der Waals surface area contributed by atoms with Crippen LogP contribution in [0.25, 0.3) is 5.57 Å². The molecule has 1 aliphatic carbocycles. The summed E-state index contributed by atoms with van der Waals surface area (Å²) in [6.45, 7) is 1.23. The van der Waals surface area contributed by atoms with Gasteiger partial charge in [-0.05, 0) is 30.4 Å². The average Bonchev–Trinajstić information content (AvgIpc) is 3.01. The van der Waals surface area contributed by atoms with Gasteiger partial charge in [0.2, 0.25) is 0 Å². The van der Waals surface area contributed by atoms with E-state index in [1.807, 2.05) is 0 Å². The first-order valence-corrected chi connectivity index (χ1v) is 6.45. The first-order valence-electron chi connectivity index (χ1n) is 6.45. The van der Waals surface area contributed by atoms with Crippen LogP contribution in [0.4, 0.5) is 0 Å². The van der Waals surface area contributed by atoms with Crippen LogP contribution in [0.2, 0.25) is 0 Å². The average molecular weight is 213 g/mol. The largest absolute Gasteiger partial charge is 0.374 e. The third kappa shape index (κ3) is 1.87. The minimum Gasteiger partial charge on any atom is -0.374 e. The van der Waals surface area contributed by atoms with Crippen LogP contribution in [0.5, 0.6) is 0 Å². The van der Waals surface area contributed by atoms with Crippen LogP contribution in [-0.2, 0) is 0 Å². The summed E-state index contributed by atoms with van der Waals surface area (Å²) in [6.07, 6.45) is 9.29. The van der Waals surface area contributed by atoms with Crippen LogP contribution in [0, 0.1) is 0 Å². The van der Waals surface area contributed by atoms with E-state index in [1.54, 1.807) is 0 Å². The van der Waals surface area contributed by atoms with Crippen molar-refractivity contribution in [2.75, 3.05) is 6.54 Å². The maximum absolute atomic E-state index is 2.58. The topological polar surface area (TPSA) is 3.24 Å². The molecule has 0 atom stereocenters. The molecule has 1 heterocycles. The summed E-state index contributed by atoms with van der Waals surface area (Å²) in [5, 5.41) is 0. The predicted molar refractivity (Wildman–Crippen MR) is 68.0 cm³/mol. The lowest BCUT2D eigenvalue weighted by Crippen LogP contribution is -2.25. The fourth-order valence-corrected chi connectivity index (χ4v) is 2.97. The Morgan fingerprint density at radius 1 is 1.00 bits per heavy atom. The van der Waals surface area contributed by atoms with Crippen molar-refractivity contribution in [3.63, 3.8) is 0 Å². The summed E-state index contributed by atoms with van der Waals surface area (Å²) in [7, 11) is 0. The van der Waals surface area contributed by atoms with Crippen molar-refractivity contribution < 1.29 is 0 Å². The molecule has 3 rings (SSSR count). The monoisotopic (exact) mass is 213 g/mol. The molecule has 0 N–H and O–H groups in total. The Balaban J connectivity index is 1.76. The highest BCUT2D eigenvalue weighted by atomic mass is 15.2. The van der Waals surface area contributed by atoms with Crippen LogP contribution in [0.15, 0.2) is 36.5 Å². The molecule has 1 aromatic rings. The molecule has 84 valence electrons. The number of rotatable bonds is 2. The summed E-state index contributed by atoms with van der Waals surface area (Å²) in [5.74, 6) is 0. The SMILES string of the molecule is C1=C(c2ccccc2)CCN1C1CCCC1. The molecule has 1 saturated carbocycles. The number of hydrogen-bond donors (Lipinski definition) is 0. The summed E-state index contributed by atoms with van der Waals surface area (Å²) < 4.78 is 0. The normalized spacial score (nSPS) is 21.5. The van der Waals surface area contributed by atoms with E-state index in [2.05, 4.69) is 41.4 Å². The molecule has 0 amide bonds. The molecule has 1 aliphatic heterocycles. The van der Waals surface area contributed by atoms with Gasteiger partial charge in [0.25, 0.3) is 0 Å². The molecule has 1 nitrogen and oxygen atoms in total. The maximum atomic E-state index is 2.58. The van der Waals surface area contributed by atoms with E-state index in [1.165, 1.54) is 49.8 Å². The molecule has 1 fully saturated rings. The van der Waals surface area contributed by atoms with Gasteiger partial charge >= 0.3 is 0 Å². The Labute approximate surface area is 97.8 Å². The highest BCUT2D eigenvalue weighted by Gasteiger charge is 2.24. The molecule has 1 aromatic carbocycles. The first kappa shape index (κ1) is 9.95. The van der Waals surface area contributed by atoms with Gasteiger partial charge in [0, 0.05) is 18.8 Å². The van der Waals surface area contributed by atoms with Gasteiger partial charge in [-0.15, -0.1) is 0 Å². The van der Waals surface area contributed by atoms with Crippen molar-refractivity contribution in [3.05, 3.63) is 42.1 Å². The van der Waals surface area contributed by atoms with Crippen LogP contribution in [-0.4, -0.2) is 17.5 Å². The van der Waals surface area contributed by atoms with E-state index in [0.717, 1.165) is 6.04 Å². The summed E-state index contributed by atoms with van der Waals surface area (Å²) >= 11 is 0. The second-order valence-electron chi connectivity index (χ2n) is 4.95. The molecular formula is C15H19N. The van der Waals surface area contributed by atoms with Gasteiger partial charge in [0.1, 0.15) is 0 Å². The van der Waals surface area contributed by atoms with Crippen molar-refractivity contribution >= 4 is 5.57 Å². The van der Waals surface area contributed by atoms with Gasteiger partial charge in [0.15, 0.2) is 0 Å². The zero-order valence-corrected chi connectivity index (χ0v) is 9.73. The maximum Gasteiger partial charge on any atom is 0.0284 e. The second kappa shape index (κ2) is 4.32. The van der Waals surface area contributed by atoms with Gasteiger partial charge in [-0.1, -0.05) is 43.2 Å². The first-order chi connectivity index (χ1) is 7.93. The summed E-state index contributed by atoms with van der Waals surface area (Å²) in [4.78, 5) is 2.58. The van der Waals surface area contributed by atoms with Gasteiger partial charge in [-0.25, -0.2) is 0 Å². The highest BCUT2D eigenvalue weighted by molar-refractivity contribution is 5.66. The minimum atomic E-state index is 0.834. The quantitative estimate of drug-likeness (QED) is 0.724. The van der Waals surface area contributed by atoms with Crippen LogP contribution < -0.4 is 0 Å². The molecule has 16 heavy (non-hydrogen) atoms. The third-order valence-electron chi connectivity index (χ3n) is 3.90. The van der Waals surface area contributed by atoms with Crippen LogP contribution in [0.3, 0.4) is 0 Å². The van der Waals surface area contributed by atoms with Crippen molar-refractivity contribution in [2.24, 2.45) is 0 Å². The zero-order chi connectivity index (χ0) is 10.8. The smallest absolute Gasteiger partial charge is 0.0284 e. The van der Waals surface area contributed by atoms with Gasteiger partial charge in [-0.2, -0.15) is 0 Å². The van der Waals surface area contributed by atoms with Crippen molar-refractivity contribution in [1.82, 2.24) is 4.90 Å². The lowest BCUT2D eigenvalue weighted by atomic mass is 10.1. The Kier molecular flexibility index (Phi) is 2.69. The van der Waals surface area contributed by atoms with Crippen molar-refractivity contribution in [2.45, 2.75) is 38.1 Å². The molecule has 0 radical (unpaired) electrons. The van der Waals surface area contributed by atoms with Gasteiger partial charge < -0.3 is 4.90 Å². The Hall–Kier alpha value is -1.24. The highest BCUT2D eigenvalue weighted by Crippen LogP contribution is 2.31. The molecule has 2 aliphatic rings.